The minimum absolute atomic E-state index is 0.0483. The number of likely N-dealkylation sites (tertiary alicyclic amines) is 2. The molecule has 0 aliphatic carbocycles. The Morgan fingerprint density at radius 2 is 1.29 bits per heavy atom. The number of ether oxygens (including phenoxy) is 2. The smallest absolute Gasteiger partial charge is 0.322 e. The Kier molecular flexibility index (Phi) is 6.81. The Bertz CT molecular complexity index is 1240. The summed E-state index contributed by atoms with van der Waals surface area (Å²) in [5.41, 5.74) is -1.46. The number of carbonyl (C=O) groups excluding carboxylic acids is 3. The van der Waals surface area contributed by atoms with E-state index in [1.54, 1.807) is 43.7 Å². The average Bonchev–Trinajstić information content (AvgIpc) is 2.95. The lowest BCUT2D eigenvalue weighted by Crippen LogP contribution is -2.75. The van der Waals surface area contributed by atoms with Crippen LogP contribution in [-0.4, -0.2) is 71.8 Å². The summed E-state index contributed by atoms with van der Waals surface area (Å²) in [6, 6.07) is 18.8. The van der Waals surface area contributed by atoms with Gasteiger partial charge in [0.15, 0.2) is 16.6 Å². The molecule has 4 heterocycles. The lowest BCUT2D eigenvalue weighted by atomic mass is 9.54. The summed E-state index contributed by atoms with van der Waals surface area (Å²) in [5.74, 6) is -1.96. The van der Waals surface area contributed by atoms with Crippen LogP contribution in [0.1, 0.15) is 29.0 Å². The minimum atomic E-state index is -1.75. The number of fused-ring (bicyclic) bond motifs is 2. The maximum atomic E-state index is 14.9. The molecule has 0 amide bonds. The van der Waals surface area contributed by atoms with E-state index in [2.05, 4.69) is 9.97 Å². The van der Waals surface area contributed by atoms with Gasteiger partial charge in [-0.05, 0) is 36.9 Å². The van der Waals surface area contributed by atoms with Gasteiger partial charge in [0.05, 0.1) is 37.7 Å². The predicted molar refractivity (Wildman–Crippen MR) is 137 cm³/mol. The molecule has 196 valence electrons. The molecule has 0 N–H and O–H groups in total. The van der Waals surface area contributed by atoms with Crippen LogP contribution in [0.2, 0.25) is 0 Å². The van der Waals surface area contributed by atoms with Crippen molar-refractivity contribution in [2.75, 3.05) is 34.4 Å². The Hall–Kier alpha value is -3.95. The largest absolute Gasteiger partial charge is 0.468 e. The summed E-state index contributed by atoms with van der Waals surface area (Å²) < 4.78 is 10.7. The molecule has 2 aromatic heterocycles. The lowest BCUT2D eigenvalue weighted by Gasteiger charge is -2.60. The number of aromatic nitrogens is 2. The molecule has 2 bridgehead atoms. The first-order valence-corrected chi connectivity index (χ1v) is 12.4. The third-order valence-electron chi connectivity index (χ3n) is 7.79. The molecule has 1 aromatic carbocycles. The van der Waals surface area contributed by atoms with E-state index in [9.17, 15) is 14.4 Å². The minimum Gasteiger partial charge on any atom is -0.468 e. The molecule has 2 aliphatic rings. The van der Waals surface area contributed by atoms with Gasteiger partial charge in [0.2, 0.25) is 0 Å². The van der Waals surface area contributed by atoms with Gasteiger partial charge in [-0.3, -0.25) is 34.2 Å². The third kappa shape index (κ3) is 3.81. The van der Waals surface area contributed by atoms with E-state index in [-0.39, 0.29) is 13.1 Å². The maximum absolute atomic E-state index is 14.9. The van der Waals surface area contributed by atoms with Gasteiger partial charge in [0.1, 0.15) is 0 Å². The molecule has 9 heteroatoms. The van der Waals surface area contributed by atoms with Crippen LogP contribution in [0.3, 0.4) is 0 Å². The van der Waals surface area contributed by atoms with Gasteiger partial charge in [0, 0.05) is 32.0 Å². The van der Waals surface area contributed by atoms with Crippen LogP contribution in [-0.2, 0) is 30.4 Å². The van der Waals surface area contributed by atoms with Crippen LogP contribution >= 0.6 is 0 Å². The standard InChI is InChI=1S/C29H30N4O5/c1-32-23(21-13-7-9-15-30-21)28(26(35)37-2)18-33(17-20-11-5-4-6-12-20)19-29(25(28)34,27(36)38-3)24(32)22-14-8-10-16-31-22/h4-16,23-24H,17-19H2,1-3H3/t23-,24+,28-,29+. The van der Waals surface area contributed by atoms with Crippen LogP contribution in [0.25, 0.3) is 0 Å². The molecule has 38 heavy (non-hydrogen) atoms. The first-order chi connectivity index (χ1) is 18.4. The summed E-state index contributed by atoms with van der Waals surface area (Å²) in [6.07, 6.45) is 3.25. The van der Waals surface area contributed by atoms with E-state index < -0.39 is 40.6 Å². The van der Waals surface area contributed by atoms with Crippen molar-refractivity contribution in [3.8, 4) is 0 Å². The van der Waals surface area contributed by atoms with E-state index in [1.807, 2.05) is 52.3 Å². The molecule has 0 spiro atoms. The number of nitrogens with zero attached hydrogens (tertiary/aromatic N) is 4. The van der Waals surface area contributed by atoms with E-state index in [0.29, 0.717) is 17.9 Å². The quantitative estimate of drug-likeness (QED) is 0.363. The molecule has 2 aliphatic heterocycles. The zero-order valence-electron chi connectivity index (χ0n) is 21.6. The Labute approximate surface area is 221 Å². The van der Waals surface area contributed by atoms with Gasteiger partial charge in [-0.1, -0.05) is 42.5 Å². The second kappa shape index (κ2) is 10.1. The van der Waals surface area contributed by atoms with Crippen LogP contribution < -0.4 is 0 Å². The first kappa shape index (κ1) is 25.7. The van der Waals surface area contributed by atoms with Crippen molar-refractivity contribution in [1.29, 1.82) is 0 Å². The van der Waals surface area contributed by atoms with Gasteiger partial charge < -0.3 is 9.47 Å². The molecule has 5 rings (SSSR count). The van der Waals surface area contributed by atoms with Crippen LogP contribution in [0, 0.1) is 10.8 Å². The molecule has 0 unspecified atom stereocenters. The number of carbonyl (C=O) groups is 3. The highest BCUT2D eigenvalue weighted by Gasteiger charge is 2.75. The van der Waals surface area contributed by atoms with E-state index in [0.717, 1.165) is 5.56 Å². The van der Waals surface area contributed by atoms with Gasteiger partial charge >= 0.3 is 11.9 Å². The normalized spacial score (nSPS) is 27.5. The molecular weight excluding hydrogens is 484 g/mol. The lowest BCUT2D eigenvalue weighted by molar-refractivity contribution is -0.204. The van der Waals surface area contributed by atoms with Crippen molar-refractivity contribution in [1.82, 2.24) is 19.8 Å². The molecule has 9 nitrogen and oxygen atoms in total. The second-order valence-corrected chi connectivity index (χ2v) is 9.87. The zero-order valence-corrected chi connectivity index (χ0v) is 21.6. The molecule has 2 saturated heterocycles. The molecule has 4 atom stereocenters. The highest BCUT2D eigenvalue weighted by molar-refractivity contribution is 6.17. The fourth-order valence-corrected chi connectivity index (χ4v) is 6.42. The van der Waals surface area contributed by atoms with Crippen molar-refractivity contribution in [2.45, 2.75) is 18.6 Å². The summed E-state index contributed by atoms with van der Waals surface area (Å²) in [7, 11) is 4.33. The zero-order chi connectivity index (χ0) is 26.9. The monoisotopic (exact) mass is 514 g/mol. The number of rotatable bonds is 6. The van der Waals surface area contributed by atoms with E-state index in [4.69, 9.17) is 9.47 Å². The summed E-state index contributed by atoms with van der Waals surface area (Å²) >= 11 is 0. The van der Waals surface area contributed by atoms with E-state index >= 15 is 0 Å². The van der Waals surface area contributed by atoms with Crippen molar-refractivity contribution < 1.29 is 23.9 Å². The highest BCUT2D eigenvalue weighted by Crippen LogP contribution is 2.60. The number of methoxy groups -OCH3 is 2. The SMILES string of the molecule is COC(=O)[C@]12CN(Cc3ccccc3)C[C@](C(=O)OC)(C1=O)[C@@H](c1ccccn1)N(C)[C@H]2c1ccccn1. The van der Waals surface area contributed by atoms with Crippen molar-refractivity contribution in [3.05, 3.63) is 96.1 Å². The van der Waals surface area contributed by atoms with Crippen molar-refractivity contribution in [2.24, 2.45) is 10.8 Å². The average molecular weight is 515 g/mol. The second-order valence-electron chi connectivity index (χ2n) is 9.87. The van der Waals surface area contributed by atoms with Gasteiger partial charge in [0.25, 0.3) is 0 Å². The summed E-state index contributed by atoms with van der Waals surface area (Å²) in [4.78, 5) is 55.5. The molecular formula is C29H30N4O5. The first-order valence-electron chi connectivity index (χ1n) is 12.4. The number of piperidine rings is 2. The number of pyridine rings is 2. The summed E-state index contributed by atoms with van der Waals surface area (Å²) in [5, 5.41) is 0. The van der Waals surface area contributed by atoms with E-state index in [1.165, 1.54) is 14.2 Å². The third-order valence-corrected chi connectivity index (χ3v) is 7.79. The fraction of sp³-hybridized carbons (Fsp3) is 0.345. The van der Waals surface area contributed by atoms with Gasteiger partial charge in [-0.25, -0.2) is 0 Å². The van der Waals surface area contributed by atoms with Crippen LogP contribution in [0.4, 0.5) is 0 Å². The number of esters is 2. The van der Waals surface area contributed by atoms with Crippen LogP contribution in [0.15, 0.2) is 79.1 Å². The number of hydrogen-bond acceptors (Lipinski definition) is 9. The van der Waals surface area contributed by atoms with Gasteiger partial charge in [-0.15, -0.1) is 0 Å². The topological polar surface area (TPSA) is 102 Å². The Morgan fingerprint density at radius 1 is 0.816 bits per heavy atom. The van der Waals surface area contributed by atoms with Crippen molar-refractivity contribution >= 4 is 17.7 Å². The Balaban J connectivity index is 1.80. The van der Waals surface area contributed by atoms with Crippen LogP contribution in [0.5, 0.6) is 0 Å². The predicted octanol–water partition coefficient (Wildman–Crippen LogP) is 2.61. The number of hydrogen-bond donors (Lipinski definition) is 0. The number of ketones is 1. The number of Topliss-reactive ketones (excluding diaryl/α,β-unsaturated/α-hetero) is 1. The molecule has 2 fully saturated rings. The maximum Gasteiger partial charge on any atom is 0.322 e. The number of benzene rings is 1. The summed E-state index contributed by atoms with van der Waals surface area (Å²) in [6.45, 7) is 0.512. The molecule has 0 radical (unpaired) electrons. The van der Waals surface area contributed by atoms with Gasteiger partial charge in [-0.2, -0.15) is 0 Å². The highest BCUT2D eigenvalue weighted by atomic mass is 16.5. The molecule has 0 saturated carbocycles. The molecule has 3 aromatic rings. The Morgan fingerprint density at radius 3 is 1.71 bits per heavy atom. The van der Waals surface area contributed by atoms with Crippen molar-refractivity contribution in [3.63, 3.8) is 0 Å². The fourth-order valence-electron chi connectivity index (χ4n) is 6.42.